The van der Waals surface area contributed by atoms with Crippen LogP contribution < -0.4 is 5.32 Å². The monoisotopic (exact) mass is 504 g/mol. The highest BCUT2D eigenvalue weighted by Gasteiger charge is 2.32. The molecule has 0 aromatic heterocycles. The molecule has 2 aromatic rings. The van der Waals surface area contributed by atoms with E-state index in [9.17, 15) is 18.3 Å². The van der Waals surface area contributed by atoms with Crippen LogP contribution in [-0.4, -0.2) is 68.5 Å². The topological polar surface area (TPSA) is 105 Å². The number of sulfonamides is 1. The van der Waals surface area contributed by atoms with Gasteiger partial charge in [0.05, 0.1) is 30.3 Å². The molecule has 0 aliphatic carbocycles. The molecule has 1 aliphatic rings. The lowest BCUT2D eigenvalue weighted by Crippen LogP contribution is -2.51. The van der Waals surface area contributed by atoms with Crippen LogP contribution in [0.1, 0.15) is 31.4 Å². The maximum Gasteiger partial charge on any atom is 0.407 e. The molecular formula is C26H36N2O6S. The highest BCUT2D eigenvalue weighted by molar-refractivity contribution is 7.89. The van der Waals surface area contributed by atoms with Crippen molar-refractivity contribution in [3.63, 3.8) is 0 Å². The number of hydrogen-bond acceptors (Lipinski definition) is 6. The molecule has 35 heavy (non-hydrogen) atoms. The van der Waals surface area contributed by atoms with E-state index < -0.39 is 28.3 Å². The fourth-order valence-corrected chi connectivity index (χ4v) is 5.60. The predicted molar refractivity (Wildman–Crippen MR) is 134 cm³/mol. The molecule has 2 N–H and O–H groups in total. The van der Waals surface area contributed by atoms with Gasteiger partial charge < -0.3 is 19.9 Å². The minimum atomic E-state index is -3.84. The van der Waals surface area contributed by atoms with Gasteiger partial charge in [0.2, 0.25) is 10.0 Å². The summed E-state index contributed by atoms with van der Waals surface area (Å²) in [5.41, 5.74) is 2.00. The number of carbonyl (C=O) groups is 1. The van der Waals surface area contributed by atoms with Crippen molar-refractivity contribution in [3.05, 3.63) is 65.7 Å². The van der Waals surface area contributed by atoms with E-state index in [4.69, 9.17) is 9.47 Å². The molecule has 1 saturated heterocycles. The third-order valence-electron chi connectivity index (χ3n) is 5.85. The maximum absolute atomic E-state index is 13.4. The standard InChI is InChI=1S/C26H36N2O6S/c1-19(2)16-28(35(31,32)23-7-5-4-6-8-23)17-25(29)24(15-21-11-9-20(3)10-12-21)27-26(30)34-22-13-14-33-18-22/h4-12,19,22,24-25,29H,13-18H2,1-3H3,(H,27,30). The van der Waals surface area contributed by atoms with Gasteiger partial charge in [-0.2, -0.15) is 4.31 Å². The van der Waals surface area contributed by atoms with E-state index in [1.54, 1.807) is 18.2 Å². The maximum atomic E-state index is 13.4. The Morgan fingerprint density at radius 3 is 2.43 bits per heavy atom. The Morgan fingerprint density at radius 2 is 1.83 bits per heavy atom. The molecule has 3 unspecified atom stereocenters. The molecule has 1 fully saturated rings. The smallest absolute Gasteiger partial charge is 0.407 e. The number of rotatable bonds is 11. The Labute approximate surface area is 208 Å². The zero-order valence-electron chi connectivity index (χ0n) is 20.6. The third-order valence-corrected chi connectivity index (χ3v) is 7.69. The van der Waals surface area contributed by atoms with Gasteiger partial charge in [-0.25, -0.2) is 13.2 Å². The Hall–Kier alpha value is -2.46. The van der Waals surface area contributed by atoms with Crippen LogP contribution >= 0.6 is 0 Å². The normalized spacial score (nSPS) is 17.9. The summed E-state index contributed by atoms with van der Waals surface area (Å²) in [6.45, 7) is 6.76. The van der Waals surface area contributed by atoms with Gasteiger partial charge in [0.15, 0.2) is 0 Å². The Kier molecular flexibility index (Phi) is 9.68. The summed E-state index contributed by atoms with van der Waals surface area (Å²) in [6, 6.07) is 15.2. The number of aliphatic hydroxyl groups is 1. The van der Waals surface area contributed by atoms with Crippen molar-refractivity contribution in [1.82, 2.24) is 9.62 Å². The first-order valence-electron chi connectivity index (χ1n) is 12.0. The molecule has 192 valence electrons. The predicted octanol–water partition coefficient (Wildman–Crippen LogP) is 3.13. The first kappa shape index (κ1) is 27.1. The zero-order chi connectivity index (χ0) is 25.4. The van der Waals surface area contributed by atoms with Crippen molar-refractivity contribution in [2.24, 2.45) is 5.92 Å². The fraction of sp³-hybridized carbons (Fsp3) is 0.500. The molecule has 0 saturated carbocycles. The molecule has 1 amide bonds. The highest BCUT2D eigenvalue weighted by atomic mass is 32.2. The minimum absolute atomic E-state index is 0.0385. The second-order valence-corrected chi connectivity index (χ2v) is 11.4. The van der Waals surface area contributed by atoms with Crippen LogP contribution in [0.3, 0.4) is 0 Å². The van der Waals surface area contributed by atoms with Gasteiger partial charge in [0.25, 0.3) is 0 Å². The number of nitrogens with zero attached hydrogens (tertiary/aromatic N) is 1. The lowest BCUT2D eigenvalue weighted by atomic mass is 10.00. The molecule has 9 heteroatoms. The first-order chi connectivity index (χ1) is 16.6. The van der Waals surface area contributed by atoms with Crippen molar-refractivity contribution < 1.29 is 27.8 Å². The summed E-state index contributed by atoms with van der Waals surface area (Å²) in [4.78, 5) is 12.8. The molecule has 8 nitrogen and oxygen atoms in total. The number of aliphatic hydroxyl groups excluding tert-OH is 1. The third kappa shape index (κ3) is 8.03. The van der Waals surface area contributed by atoms with Crippen LogP contribution in [0.2, 0.25) is 0 Å². The number of ether oxygens (including phenoxy) is 2. The number of alkyl carbamates (subject to hydrolysis) is 1. The van der Waals surface area contributed by atoms with Gasteiger partial charge in [-0.05, 0) is 37.0 Å². The van der Waals surface area contributed by atoms with Crippen molar-refractivity contribution in [1.29, 1.82) is 0 Å². The van der Waals surface area contributed by atoms with Crippen molar-refractivity contribution >= 4 is 16.1 Å². The van der Waals surface area contributed by atoms with Crippen LogP contribution in [0.4, 0.5) is 4.79 Å². The molecule has 0 radical (unpaired) electrons. The van der Waals surface area contributed by atoms with Crippen LogP contribution in [0.5, 0.6) is 0 Å². The second kappa shape index (κ2) is 12.5. The lowest BCUT2D eigenvalue weighted by molar-refractivity contribution is 0.0644. The summed E-state index contributed by atoms with van der Waals surface area (Å²) in [7, 11) is -3.84. The molecule has 3 atom stereocenters. The number of carbonyl (C=O) groups excluding carboxylic acids is 1. The van der Waals surface area contributed by atoms with Gasteiger partial charge in [-0.15, -0.1) is 0 Å². The number of nitrogens with one attached hydrogen (secondary N) is 1. The number of benzene rings is 2. The molecule has 3 rings (SSSR count). The average molecular weight is 505 g/mol. The van der Waals surface area contributed by atoms with Crippen molar-refractivity contribution in [2.45, 2.75) is 56.8 Å². The molecule has 1 aliphatic heterocycles. The SMILES string of the molecule is Cc1ccc(CC(NC(=O)OC2CCOC2)C(O)CN(CC(C)C)S(=O)(=O)c2ccccc2)cc1. The minimum Gasteiger partial charge on any atom is -0.444 e. The van der Waals surface area contributed by atoms with Crippen LogP contribution in [0.25, 0.3) is 0 Å². The van der Waals surface area contributed by atoms with E-state index in [0.717, 1.165) is 11.1 Å². The Balaban J connectivity index is 1.80. The summed E-state index contributed by atoms with van der Waals surface area (Å²) >= 11 is 0. The lowest BCUT2D eigenvalue weighted by Gasteiger charge is -2.30. The molecular weight excluding hydrogens is 468 g/mol. The zero-order valence-corrected chi connectivity index (χ0v) is 21.4. The van der Waals surface area contributed by atoms with E-state index in [2.05, 4.69) is 5.32 Å². The summed E-state index contributed by atoms with van der Waals surface area (Å²) in [6.07, 6.45) is -1.21. The van der Waals surface area contributed by atoms with Gasteiger partial charge in [-0.1, -0.05) is 61.9 Å². The van der Waals surface area contributed by atoms with E-state index in [1.807, 2.05) is 45.0 Å². The number of hydrogen-bond donors (Lipinski definition) is 2. The van der Waals surface area contributed by atoms with E-state index in [0.29, 0.717) is 26.1 Å². The second-order valence-electron chi connectivity index (χ2n) is 9.43. The fourth-order valence-electron chi connectivity index (χ4n) is 3.96. The molecule has 0 spiro atoms. The Bertz CT molecular complexity index is 1040. The molecule has 0 bridgehead atoms. The van der Waals surface area contributed by atoms with E-state index in [1.165, 1.54) is 16.4 Å². The van der Waals surface area contributed by atoms with Crippen LogP contribution in [-0.2, 0) is 25.9 Å². The average Bonchev–Trinajstić information content (AvgIpc) is 3.32. The number of aryl methyl sites for hydroxylation is 1. The highest BCUT2D eigenvalue weighted by Crippen LogP contribution is 2.19. The van der Waals surface area contributed by atoms with Crippen molar-refractivity contribution in [3.8, 4) is 0 Å². The Morgan fingerprint density at radius 1 is 1.14 bits per heavy atom. The van der Waals surface area contributed by atoms with Gasteiger partial charge in [0, 0.05) is 19.5 Å². The van der Waals surface area contributed by atoms with Crippen molar-refractivity contribution in [2.75, 3.05) is 26.3 Å². The van der Waals surface area contributed by atoms with Gasteiger partial charge in [-0.3, -0.25) is 0 Å². The molecule has 1 heterocycles. The van der Waals surface area contributed by atoms with Gasteiger partial charge in [0.1, 0.15) is 6.10 Å². The summed E-state index contributed by atoms with van der Waals surface area (Å²) in [5.74, 6) is 0.0385. The quantitative estimate of drug-likeness (QED) is 0.487. The number of amides is 1. The first-order valence-corrected chi connectivity index (χ1v) is 13.4. The summed E-state index contributed by atoms with van der Waals surface area (Å²) < 4.78 is 38.7. The van der Waals surface area contributed by atoms with Crippen LogP contribution in [0.15, 0.2) is 59.5 Å². The van der Waals surface area contributed by atoms with E-state index >= 15 is 0 Å². The summed E-state index contributed by atoms with van der Waals surface area (Å²) in [5, 5.41) is 14.0. The van der Waals surface area contributed by atoms with E-state index in [-0.39, 0.29) is 30.0 Å². The van der Waals surface area contributed by atoms with Gasteiger partial charge >= 0.3 is 6.09 Å². The largest absolute Gasteiger partial charge is 0.444 e. The van der Waals surface area contributed by atoms with Crippen LogP contribution in [0, 0.1) is 12.8 Å². The molecule has 2 aromatic carbocycles.